The second kappa shape index (κ2) is 9.45. The number of rotatable bonds is 6. The van der Waals surface area contributed by atoms with E-state index in [1.165, 1.54) is 19.3 Å². The Morgan fingerprint density at radius 2 is 1.58 bits per heavy atom. The number of esters is 1. The maximum Gasteiger partial charge on any atom is 0.309 e. The number of carboxylic acids is 1. The third-order valence-electron chi connectivity index (χ3n) is 12.6. The Kier molecular flexibility index (Phi) is 7.28. The molecule has 0 aromatic carbocycles. The highest BCUT2D eigenvalue weighted by molar-refractivity contribution is 5.75. The van der Waals surface area contributed by atoms with Crippen LogP contribution in [0.3, 0.4) is 0 Å². The fourth-order valence-corrected chi connectivity index (χ4v) is 10.8. The molecule has 0 aromatic heterocycles. The number of ether oxygens (including phenoxy) is 1. The van der Waals surface area contributed by atoms with Gasteiger partial charge in [-0.3, -0.25) is 9.59 Å². The highest BCUT2D eigenvalue weighted by Crippen LogP contribution is 2.72. The van der Waals surface area contributed by atoms with E-state index in [1.807, 2.05) is 6.92 Å². The number of hydrogen-bond donors (Lipinski definition) is 1. The Balaban J connectivity index is 1.58. The fraction of sp³-hybridized carbons (Fsp3) is 0.875. The molecule has 0 heterocycles. The van der Waals surface area contributed by atoms with Crippen LogP contribution in [-0.4, -0.2) is 23.1 Å². The molecule has 4 heteroatoms. The molecule has 0 radical (unpaired) electrons. The second-order valence-electron chi connectivity index (χ2n) is 14.6. The molecular formula is C32H52O4. The van der Waals surface area contributed by atoms with Crippen molar-refractivity contribution in [1.29, 1.82) is 0 Å². The zero-order valence-corrected chi connectivity index (χ0v) is 24.1. The number of aliphatic carboxylic acids is 1. The van der Waals surface area contributed by atoms with Crippen molar-refractivity contribution in [2.45, 2.75) is 125 Å². The maximum absolute atomic E-state index is 12.8. The van der Waals surface area contributed by atoms with Crippen molar-refractivity contribution in [2.24, 2.45) is 51.2 Å². The lowest BCUT2D eigenvalue weighted by molar-refractivity contribution is -0.223. The number of fused-ring (bicyclic) bond motifs is 5. The third kappa shape index (κ3) is 4.17. The molecule has 4 nitrogen and oxygen atoms in total. The Hall–Kier alpha value is -1.32. The molecule has 4 aliphatic carbocycles. The topological polar surface area (TPSA) is 63.6 Å². The Morgan fingerprint density at radius 3 is 2.19 bits per heavy atom. The predicted octanol–water partition coefficient (Wildman–Crippen LogP) is 8.05. The van der Waals surface area contributed by atoms with Crippen molar-refractivity contribution in [1.82, 2.24) is 0 Å². The van der Waals surface area contributed by atoms with E-state index in [1.54, 1.807) is 6.92 Å². The Morgan fingerprint density at radius 1 is 0.917 bits per heavy atom. The van der Waals surface area contributed by atoms with E-state index in [9.17, 15) is 14.7 Å². The van der Waals surface area contributed by atoms with Gasteiger partial charge in [0, 0.05) is 12.3 Å². The van der Waals surface area contributed by atoms with Gasteiger partial charge in [0.2, 0.25) is 0 Å². The number of allylic oxidation sites excluding steroid dienone is 1. The van der Waals surface area contributed by atoms with E-state index < -0.39 is 11.4 Å². The summed E-state index contributed by atoms with van der Waals surface area (Å²) in [7, 11) is 0. The Bertz CT molecular complexity index is 891. The summed E-state index contributed by atoms with van der Waals surface area (Å²) in [5, 5.41) is 10.5. The van der Waals surface area contributed by atoms with Crippen molar-refractivity contribution < 1.29 is 19.4 Å². The molecule has 204 valence electrons. The summed E-state index contributed by atoms with van der Waals surface area (Å²) in [5.74, 6) is 1.84. The molecule has 4 aliphatic rings. The number of carbonyl (C=O) groups excluding carboxylic acids is 1. The summed E-state index contributed by atoms with van der Waals surface area (Å²) in [4.78, 5) is 24.6. The molecule has 1 N–H and O–H groups in total. The van der Waals surface area contributed by atoms with Gasteiger partial charge >= 0.3 is 11.9 Å². The van der Waals surface area contributed by atoms with Gasteiger partial charge in [-0.2, -0.15) is 0 Å². The standard InChI is InChI=1S/C32H52O4/c1-20(2)10-9-16-32(28(34)35)19-13-24-23(21(32)3)11-12-26-30(24,7)17-14-25-29(5,6)27(36-22(4)33)15-18-31(25,26)8/h21,23-27H,1,9-19H2,2-8H3,(H,34,35). The van der Waals surface area contributed by atoms with Crippen molar-refractivity contribution in [3.63, 3.8) is 0 Å². The van der Waals surface area contributed by atoms with Gasteiger partial charge in [-0.25, -0.2) is 0 Å². The molecule has 36 heavy (non-hydrogen) atoms. The minimum atomic E-state index is -0.578. The van der Waals surface area contributed by atoms with E-state index >= 15 is 0 Å². The van der Waals surface area contributed by atoms with Gasteiger partial charge in [-0.05, 0) is 118 Å². The fourth-order valence-electron chi connectivity index (χ4n) is 10.8. The molecule has 0 saturated heterocycles. The second-order valence-corrected chi connectivity index (χ2v) is 14.6. The summed E-state index contributed by atoms with van der Waals surface area (Å²) in [6, 6.07) is 0. The smallest absolute Gasteiger partial charge is 0.309 e. The summed E-state index contributed by atoms with van der Waals surface area (Å²) in [6.45, 7) is 19.7. The molecule has 9 atom stereocenters. The summed E-state index contributed by atoms with van der Waals surface area (Å²) >= 11 is 0. The van der Waals surface area contributed by atoms with Crippen molar-refractivity contribution in [2.75, 3.05) is 0 Å². The number of carbonyl (C=O) groups is 2. The SMILES string of the molecule is C=C(C)CCCC1(C(=O)O)CCC2C(CCC3C2(C)CCC2C(C)(C)C(OC(C)=O)CCC23C)C1C. The molecule has 9 unspecified atom stereocenters. The van der Waals surface area contributed by atoms with Crippen LogP contribution in [0, 0.1) is 51.2 Å². The Labute approximate surface area is 220 Å². The van der Waals surface area contributed by atoms with Crippen molar-refractivity contribution in [3.05, 3.63) is 12.2 Å². The van der Waals surface area contributed by atoms with E-state index in [0.29, 0.717) is 23.7 Å². The van der Waals surface area contributed by atoms with Crippen LogP contribution in [0.15, 0.2) is 12.2 Å². The van der Waals surface area contributed by atoms with E-state index in [0.717, 1.165) is 56.9 Å². The first-order valence-corrected chi connectivity index (χ1v) is 14.7. The van der Waals surface area contributed by atoms with Crippen LogP contribution >= 0.6 is 0 Å². The van der Waals surface area contributed by atoms with Crippen LogP contribution in [0.4, 0.5) is 0 Å². The molecule has 0 amide bonds. The monoisotopic (exact) mass is 500 g/mol. The molecule has 4 rings (SSSR count). The number of carboxylic acid groups (broad SMARTS) is 1. The van der Waals surface area contributed by atoms with Crippen LogP contribution in [0.5, 0.6) is 0 Å². The first-order chi connectivity index (χ1) is 16.7. The predicted molar refractivity (Wildman–Crippen MR) is 144 cm³/mol. The lowest BCUT2D eigenvalue weighted by Crippen LogP contribution is -2.63. The van der Waals surface area contributed by atoms with Gasteiger partial charge in [0.25, 0.3) is 0 Å². The maximum atomic E-state index is 12.8. The highest BCUT2D eigenvalue weighted by atomic mass is 16.5. The van der Waals surface area contributed by atoms with Gasteiger partial charge in [0.15, 0.2) is 0 Å². The van der Waals surface area contributed by atoms with Crippen LogP contribution in [0.25, 0.3) is 0 Å². The zero-order chi connectivity index (χ0) is 26.7. The quantitative estimate of drug-likeness (QED) is 0.296. The molecule has 0 aliphatic heterocycles. The molecule has 0 spiro atoms. The minimum absolute atomic E-state index is 0.0128. The normalized spacial score (nSPS) is 45.5. The van der Waals surface area contributed by atoms with Gasteiger partial charge in [0.1, 0.15) is 6.10 Å². The van der Waals surface area contributed by atoms with Crippen LogP contribution in [0.2, 0.25) is 0 Å². The van der Waals surface area contributed by atoms with Gasteiger partial charge in [-0.15, -0.1) is 6.58 Å². The van der Waals surface area contributed by atoms with Crippen LogP contribution in [0.1, 0.15) is 119 Å². The number of hydrogen-bond acceptors (Lipinski definition) is 3. The molecule has 0 bridgehead atoms. The lowest BCUT2D eigenvalue weighted by atomic mass is 9.36. The van der Waals surface area contributed by atoms with Gasteiger partial charge in [-0.1, -0.05) is 40.2 Å². The van der Waals surface area contributed by atoms with E-state index in [2.05, 4.69) is 41.2 Å². The van der Waals surface area contributed by atoms with Crippen molar-refractivity contribution >= 4 is 11.9 Å². The first kappa shape index (κ1) is 27.7. The van der Waals surface area contributed by atoms with Gasteiger partial charge < -0.3 is 9.84 Å². The third-order valence-corrected chi connectivity index (χ3v) is 12.6. The summed E-state index contributed by atoms with van der Waals surface area (Å²) in [5.41, 5.74) is 1.09. The molecule has 4 fully saturated rings. The highest BCUT2D eigenvalue weighted by Gasteiger charge is 2.66. The molecule has 4 saturated carbocycles. The van der Waals surface area contributed by atoms with E-state index in [-0.39, 0.29) is 34.2 Å². The summed E-state index contributed by atoms with van der Waals surface area (Å²) < 4.78 is 5.85. The van der Waals surface area contributed by atoms with Gasteiger partial charge in [0.05, 0.1) is 5.41 Å². The van der Waals surface area contributed by atoms with Crippen LogP contribution < -0.4 is 0 Å². The minimum Gasteiger partial charge on any atom is -0.481 e. The van der Waals surface area contributed by atoms with E-state index in [4.69, 9.17) is 4.74 Å². The summed E-state index contributed by atoms with van der Waals surface area (Å²) in [6.07, 6.45) is 11.4. The average molecular weight is 501 g/mol. The zero-order valence-electron chi connectivity index (χ0n) is 24.1. The first-order valence-electron chi connectivity index (χ1n) is 14.7. The lowest BCUT2D eigenvalue weighted by Gasteiger charge is -2.69. The largest absolute Gasteiger partial charge is 0.481 e. The van der Waals surface area contributed by atoms with Crippen LogP contribution in [-0.2, 0) is 14.3 Å². The van der Waals surface area contributed by atoms with Crippen molar-refractivity contribution in [3.8, 4) is 0 Å². The molecular weight excluding hydrogens is 448 g/mol. The average Bonchev–Trinajstić information content (AvgIpc) is 2.76. The molecule has 0 aromatic rings.